The van der Waals surface area contributed by atoms with E-state index < -0.39 is 24.0 Å². The summed E-state index contributed by atoms with van der Waals surface area (Å²) in [6, 6.07) is 3.59. The Morgan fingerprint density at radius 3 is 2.10 bits per heavy atom. The van der Waals surface area contributed by atoms with Gasteiger partial charge >= 0.3 is 11.9 Å². The van der Waals surface area contributed by atoms with Crippen molar-refractivity contribution in [3.8, 4) is 0 Å². The van der Waals surface area contributed by atoms with E-state index in [-0.39, 0.29) is 13.2 Å². The number of carbonyl (C=O) groups is 2. The summed E-state index contributed by atoms with van der Waals surface area (Å²) in [6.45, 7) is 5.58. The average molecular weight is 300 g/mol. The first-order valence-corrected chi connectivity index (χ1v) is 7.46. The van der Waals surface area contributed by atoms with Crippen LogP contribution in [0.15, 0.2) is 12.1 Å². The zero-order valence-corrected chi connectivity index (χ0v) is 12.7. The topological polar surface area (TPSA) is 72.8 Å². The molecule has 5 nitrogen and oxygen atoms in total. The molecule has 112 valence electrons. The molecule has 1 aromatic rings. The van der Waals surface area contributed by atoms with E-state index in [0.717, 1.165) is 11.3 Å². The maximum Gasteiger partial charge on any atom is 0.323 e. The number of esters is 2. The molecule has 1 heterocycles. The molecule has 0 aliphatic heterocycles. The van der Waals surface area contributed by atoms with Gasteiger partial charge in [-0.05, 0) is 32.4 Å². The van der Waals surface area contributed by atoms with Crippen LogP contribution in [0.25, 0.3) is 0 Å². The molecule has 1 rings (SSSR count). The van der Waals surface area contributed by atoms with E-state index in [9.17, 15) is 14.7 Å². The van der Waals surface area contributed by atoms with E-state index in [0.29, 0.717) is 4.88 Å². The first kappa shape index (κ1) is 16.7. The standard InChI is InChI=1S/C14H20O5S/c1-4-9-7-8-10(20-9)12(15)11(13(16)18-5-2)14(17)19-6-3/h7-8,11-12,15H,4-6H2,1-3H3. The summed E-state index contributed by atoms with van der Waals surface area (Å²) < 4.78 is 9.70. The number of hydrogen-bond donors (Lipinski definition) is 1. The van der Waals surface area contributed by atoms with Crippen LogP contribution in [0.2, 0.25) is 0 Å². The first-order chi connectivity index (χ1) is 9.54. The lowest BCUT2D eigenvalue weighted by Gasteiger charge is -2.18. The van der Waals surface area contributed by atoms with Crippen LogP contribution in [0.4, 0.5) is 0 Å². The Morgan fingerprint density at radius 2 is 1.70 bits per heavy atom. The fourth-order valence-electron chi connectivity index (χ4n) is 1.73. The molecule has 0 aliphatic carbocycles. The molecule has 0 saturated heterocycles. The van der Waals surface area contributed by atoms with Gasteiger partial charge in [-0.25, -0.2) is 0 Å². The second-order valence-electron chi connectivity index (χ2n) is 4.08. The van der Waals surface area contributed by atoms with Gasteiger partial charge in [-0.1, -0.05) is 6.92 Å². The lowest BCUT2D eigenvalue weighted by atomic mass is 10.0. The lowest BCUT2D eigenvalue weighted by Crippen LogP contribution is -2.33. The van der Waals surface area contributed by atoms with Crippen molar-refractivity contribution in [2.75, 3.05) is 13.2 Å². The van der Waals surface area contributed by atoms with Gasteiger partial charge < -0.3 is 14.6 Å². The third kappa shape index (κ3) is 4.05. The summed E-state index contributed by atoms with van der Waals surface area (Å²) in [5.74, 6) is -2.85. The van der Waals surface area contributed by atoms with E-state index in [1.54, 1.807) is 19.9 Å². The smallest absolute Gasteiger partial charge is 0.323 e. The van der Waals surface area contributed by atoms with E-state index in [4.69, 9.17) is 9.47 Å². The lowest BCUT2D eigenvalue weighted by molar-refractivity contribution is -0.167. The fraction of sp³-hybridized carbons (Fsp3) is 0.571. The maximum absolute atomic E-state index is 11.9. The number of hydrogen-bond acceptors (Lipinski definition) is 6. The fourth-order valence-corrected chi connectivity index (χ4v) is 2.70. The predicted octanol–water partition coefficient (Wildman–Crippen LogP) is 2.09. The normalized spacial score (nSPS) is 12.2. The van der Waals surface area contributed by atoms with E-state index in [1.807, 2.05) is 13.0 Å². The minimum Gasteiger partial charge on any atom is -0.465 e. The van der Waals surface area contributed by atoms with Gasteiger partial charge in [0, 0.05) is 9.75 Å². The van der Waals surface area contributed by atoms with Crippen molar-refractivity contribution in [1.29, 1.82) is 0 Å². The van der Waals surface area contributed by atoms with E-state index >= 15 is 0 Å². The maximum atomic E-state index is 11.9. The molecule has 1 N–H and O–H groups in total. The van der Waals surface area contributed by atoms with Gasteiger partial charge in [-0.15, -0.1) is 11.3 Å². The van der Waals surface area contributed by atoms with Gasteiger partial charge in [0.2, 0.25) is 0 Å². The molecule has 0 amide bonds. The molecule has 1 atom stereocenters. The summed E-state index contributed by atoms with van der Waals surface area (Å²) >= 11 is 1.37. The van der Waals surface area contributed by atoms with Crippen LogP contribution in [0.1, 0.15) is 36.6 Å². The van der Waals surface area contributed by atoms with Crippen molar-refractivity contribution in [2.24, 2.45) is 5.92 Å². The Balaban J connectivity index is 2.96. The van der Waals surface area contributed by atoms with Crippen molar-refractivity contribution in [3.05, 3.63) is 21.9 Å². The third-order valence-electron chi connectivity index (χ3n) is 2.72. The van der Waals surface area contributed by atoms with Gasteiger partial charge in [-0.2, -0.15) is 0 Å². The zero-order valence-electron chi connectivity index (χ0n) is 11.9. The summed E-state index contributed by atoms with van der Waals surface area (Å²) in [4.78, 5) is 25.4. The van der Waals surface area contributed by atoms with Gasteiger partial charge in [0.25, 0.3) is 0 Å². The Hall–Kier alpha value is -1.40. The Morgan fingerprint density at radius 1 is 1.15 bits per heavy atom. The van der Waals surface area contributed by atoms with Crippen molar-refractivity contribution in [3.63, 3.8) is 0 Å². The molecule has 6 heteroatoms. The molecule has 1 aromatic heterocycles. The van der Waals surface area contributed by atoms with Crippen molar-refractivity contribution in [2.45, 2.75) is 33.3 Å². The largest absolute Gasteiger partial charge is 0.465 e. The van der Waals surface area contributed by atoms with Crippen LogP contribution < -0.4 is 0 Å². The van der Waals surface area contributed by atoms with Crippen molar-refractivity contribution >= 4 is 23.3 Å². The second kappa shape index (κ2) is 8.01. The highest BCUT2D eigenvalue weighted by Crippen LogP contribution is 2.30. The molecule has 0 fully saturated rings. The number of ether oxygens (including phenoxy) is 2. The Kier molecular flexibility index (Phi) is 6.67. The molecule has 20 heavy (non-hydrogen) atoms. The number of thiophene rings is 1. The first-order valence-electron chi connectivity index (χ1n) is 6.65. The predicted molar refractivity (Wildman–Crippen MR) is 75.4 cm³/mol. The highest BCUT2D eigenvalue weighted by Gasteiger charge is 2.38. The van der Waals surface area contributed by atoms with E-state index in [2.05, 4.69) is 0 Å². The van der Waals surface area contributed by atoms with E-state index in [1.165, 1.54) is 11.3 Å². The molecule has 1 unspecified atom stereocenters. The highest BCUT2D eigenvalue weighted by atomic mass is 32.1. The zero-order chi connectivity index (χ0) is 15.1. The number of aliphatic hydroxyl groups excluding tert-OH is 1. The van der Waals surface area contributed by atoms with Gasteiger partial charge in [0.15, 0.2) is 5.92 Å². The Bertz CT molecular complexity index is 436. The van der Waals surface area contributed by atoms with Crippen LogP contribution >= 0.6 is 11.3 Å². The minimum absolute atomic E-state index is 0.145. The number of rotatable bonds is 7. The summed E-state index contributed by atoms with van der Waals surface area (Å²) in [6.07, 6.45) is -0.403. The molecule has 0 aliphatic rings. The summed E-state index contributed by atoms with van der Waals surface area (Å²) in [5.41, 5.74) is 0. The van der Waals surface area contributed by atoms with Crippen LogP contribution in [0, 0.1) is 5.92 Å². The number of aryl methyl sites for hydroxylation is 1. The molecule has 0 saturated carbocycles. The number of carbonyl (C=O) groups excluding carboxylic acids is 2. The quantitative estimate of drug-likeness (QED) is 0.616. The molecule has 0 aromatic carbocycles. The minimum atomic E-state index is -1.33. The van der Waals surface area contributed by atoms with Crippen LogP contribution in [-0.4, -0.2) is 30.3 Å². The van der Waals surface area contributed by atoms with Gasteiger partial charge in [0.1, 0.15) is 6.10 Å². The third-order valence-corrected chi connectivity index (χ3v) is 4.02. The van der Waals surface area contributed by atoms with Gasteiger partial charge in [0.05, 0.1) is 13.2 Å². The molecule has 0 bridgehead atoms. The van der Waals surface area contributed by atoms with Crippen molar-refractivity contribution in [1.82, 2.24) is 0 Å². The van der Waals surface area contributed by atoms with Crippen LogP contribution in [-0.2, 0) is 25.5 Å². The SMILES string of the molecule is CCOC(=O)C(C(=O)OCC)C(O)c1ccc(CC)s1. The van der Waals surface area contributed by atoms with Crippen LogP contribution in [0.3, 0.4) is 0 Å². The molecule has 0 radical (unpaired) electrons. The highest BCUT2D eigenvalue weighted by molar-refractivity contribution is 7.12. The monoisotopic (exact) mass is 300 g/mol. The Labute approximate surface area is 122 Å². The average Bonchev–Trinajstić information content (AvgIpc) is 2.88. The molecular weight excluding hydrogens is 280 g/mol. The molecular formula is C14H20O5S. The van der Waals surface area contributed by atoms with Crippen molar-refractivity contribution < 1.29 is 24.2 Å². The van der Waals surface area contributed by atoms with Gasteiger partial charge in [-0.3, -0.25) is 9.59 Å². The summed E-state index contributed by atoms with van der Waals surface area (Å²) in [7, 11) is 0. The summed E-state index contributed by atoms with van der Waals surface area (Å²) in [5, 5.41) is 10.3. The van der Waals surface area contributed by atoms with Crippen LogP contribution in [0.5, 0.6) is 0 Å². The molecule has 0 spiro atoms. The second-order valence-corrected chi connectivity index (χ2v) is 5.28. The number of aliphatic hydroxyl groups is 1.